The summed E-state index contributed by atoms with van der Waals surface area (Å²) in [5.74, 6) is -0.108. The summed E-state index contributed by atoms with van der Waals surface area (Å²) in [6.07, 6.45) is 0.628. The maximum absolute atomic E-state index is 12.8. The number of hydrogen-bond donors (Lipinski definition) is 1. The second kappa shape index (κ2) is 7.59. The summed E-state index contributed by atoms with van der Waals surface area (Å²) in [5.41, 5.74) is 2.01. The van der Waals surface area contributed by atoms with Crippen LogP contribution in [0, 0.1) is 18.7 Å². The Kier molecular flexibility index (Phi) is 5.77. The molecule has 0 unspecified atom stereocenters. The SMILES string of the molecule is Cc1nn(CC(C)C)c(Cl)c1C(=O)NCCc1ccc(F)cc1. The second-order valence-electron chi connectivity index (χ2n) is 5.96. The van der Waals surface area contributed by atoms with Gasteiger partial charge in [-0.05, 0) is 37.0 Å². The van der Waals surface area contributed by atoms with Crippen LogP contribution in [0.2, 0.25) is 5.15 Å². The van der Waals surface area contributed by atoms with Gasteiger partial charge in [-0.1, -0.05) is 37.6 Å². The Morgan fingerprint density at radius 1 is 1.35 bits per heavy atom. The van der Waals surface area contributed by atoms with E-state index in [1.54, 1.807) is 23.7 Å². The highest BCUT2D eigenvalue weighted by Gasteiger charge is 2.20. The normalized spacial score (nSPS) is 11.0. The summed E-state index contributed by atoms with van der Waals surface area (Å²) in [4.78, 5) is 12.3. The average molecular weight is 338 g/mol. The van der Waals surface area contributed by atoms with Crippen molar-refractivity contribution in [1.82, 2.24) is 15.1 Å². The fourth-order valence-corrected chi connectivity index (χ4v) is 2.67. The van der Waals surface area contributed by atoms with Crippen molar-refractivity contribution in [1.29, 1.82) is 0 Å². The Labute approximate surface area is 140 Å². The Hall–Kier alpha value is -1.88. The van der Waals surface area contributed by atoms with Gasteiger partial charge in [0.15, 0.2) is 0 Å². The van der Waals surface area contributed by atoms with E-state index in [-0.39, 0.29) is 11.7 Å². The van der Waals surface area contributed by atoms with E-state index >= 15 is 0 Å². The molecule has 6 heteroatoms. The third kappa shape index (κ3) is 4.55. The van der Waals surface area contributed by atoms with Gasteiger partial charge in [0.2, 0.25) is 0 Å². The number of benzene rings is 1. The van der Waals surface area contributed by atoms with E-state index < -0.39 is 0 Å². The number of rotatable bonds is 6. The van der Waals surface area contributed by atoms with Gasteiger partial charge in [-0.2, -0.15) is 5.10 Å². The van der Waals surface area contributed by atoms with Gasteiger partial charge in [-0.25, -0.2) is 4.39 Å². The molecular formula is C17H21ClFN3O. The van der Waals surface area contributed by atoms with Gasteiger partial charge in [0, 0.05) is 13.1 Å². The minimum atomic E-state index is -0.266. The molecule has 0 bridgehead atoms. The number of aromatic nitrogens is 2. The molecule has 1 aromatic carbocycles. The Balaban J connectivity index is 1.98. The zero-order chi connectivity index (χ0) is 17.0. The predicted octanol–water partition coefficient (Wildman–Crippen LogP) is 3.61. The van der Waals surface area contributed by atoms with Crippen molar-refractivity contribution in [3.8, 4) is 0 Å². The van der Waals surface area contributed by atoms with Crippen LogP contribution in [-0.4, -0.2) is 22.2 Å². The number of carbonyl (C=O) groups excluding carboxylic acids is 1. The Bertz CT molecular complexity index is 680. The summed E-state index contributed by atoms with van der Waals surface area (Å²) < 4.78 is 14.5. The number of carbonyl (C=O) groups is 1. The molecule has 2 rings (SSSR count). The lowest BCUT2D eigenvalue weighted by Gasteiger charge is -2.07. The van der Waals surface area contributed by atoms with Gasteiger partial charge in [0.05, 0.1) is 11.3 Å². The smallest absolute Gasteiger partial charge is 0.256 e. The van der Waals surface area contributed by atoms with Crippen molar-refractivity contribution in [3.63, 3.8) is 0 Å². The Morgan fingerprint density at radius 3 is 2.61 bits per heavy atom. The largest absolute Gasteiger partial charge is 0.352 e. The Morgan fingerprint density at radius 2 is 2.00 bits per heavy atom. The quantitative estimate of drug-likeness (QED) is 0.875. The van der Waals surface area contributed by atoms with E-state index in [1.165, 1.54) is 12.1 Å². The van der Waals surface area contributed by atoms with Crippen LogP contribution in [0.15, 0.2) is 24.3 Å². The van der Waals surface area contributed by atoms with Crippen molar-refractivity contribution in [2.75, 3.05) is 6.54 Å². The molecule has 23 heavy (non-hydrogen) atoms. The van der Waals surface area contributed by atoms with E-state index in [0.29, 0.717) is 41.8 Å². The molecule has 0 atom stereocenters. The molecule has 0 aliphatic rings. The second-order valence-corrected chi connectivity index (χ2v) is 6.32. The van der Waals surface area contributed by atoms with E-state index in [0.717, 1.165) is 5.56 Å². The zero-order valence-corrected chi connectivity index (χ0v) is 14.3. The third-order valence-corrected chi connectivity index (χ3v) is 3.83. The molecule has 124 valence electrons. The first kappa shape index (κ1) is 17.5. The van der Waals surface area contributed by atoms with Gasteiger partial charge in [-0.3, -0.25) is 9.48 Å². The first-order valence-electron chi connectivity index (χ1n) is 7.64. The number of nitrogens with one attached hydrogen (secondary N) is 1. The molecule has 0 aliphatic heterocycles. The maximum atomic E-state index is 12.8. The minimum Gasteiger partial charge on any atom is -0.352 e. The predicted molar refractivity (Wildman–Crippen MR) is 89.2 cm³/mol. The number of nitrogens with zero attached hydrogens (tertiary/aromatic N) is 2. The monoisotopic (exact) mass is 337 g/mol. The summed E-state index contributed by atoms with van der Waals surface area (Å²) >= 11 is 6.28. The van der Waals surface area contributed by atoms with Crippen molar-refractivity contribution in [3.05, 3.63) is 52.1 Å². The number of aryl methyl sites for hydroxylation is 1. The molecule has 1 N–H and O–H groups in total. The van der Waals surface area contributed by atoms with Crippen LogP contribution in [0.5, 0.6) is 0 Å². The van der Waals surface area contributed by atoms with Crippen LogP contribution in [0.3, 0.4) is 0 Å². The highest BCUT2D eigenvalue weighted by molar-refractivity contribution is 6.33. The van der Waals surface area contributed by atoms with Crippen molar-refractivity contribution < 1.29 is 9.18 Å². The van der Waals surface area contributed by atoms with E-state index in [1.807, 2.05) is 0 Å². The fraction of sp³-hybridized carbons (Fsp3) is 0.412. The van der Waals surface area contributed by atoms with Crippen LogP contribution in [0.4, 0.5) is 4.39 Å². The van der Waals surface area contributed by atoms with Gasteiger partial charge in [-0.15, -0.1) is 0 Å². The van der Waals surface area contributed by atoms with Crippen molar-refractivity contribution >= 4 is 17.5 Å². The van der Waals surface area contributed by atoms with E-state index in [2.05, 4.69) is 24.3 Å². The highest BCUT2D eigenvalue weighted by atomic mass is 35.5. The van der Waals surface area contributed by atoms with Gasteiger partial charge < -0.3 is 5.32 Å². The summed E-state index contributed by atoms with van der Waals surface area (Å²) in [6, 6.07) is 6.24. The number of hydrogen-bond acceptors (Lipinski definition) is 2. The van der Waals surface area contributed by atoms with Gasteiger partial charge in [0.25, 0.3) is 5.91 Å². The summed E-state index contributed by atoms with van der Waals surface area (Å²) in [7, 11) is 0. The first-order chi connectivity index (χ1) is 10.9. The van der Waals surface area contributed by atoms with Crippen LogP contribution >= 0.6 is 11.6 Å². The number of halogens is 2. The highest BCUT2D eigenvalue weighted by Crippen LogP contribution is 2.20. The van der Waals surface area contributed by atoms with E-state index in [4.69, 9.17) is 11.6 Å². The molecule has 0 radical (unpaired) electrons. The average Bonchev–Trinajstić information content (AvgIpc) is 2.75. The molecule has 1 heterocycles. The third-order valence-electron chi connectivity index (χ3n) is 3.44. The molecule has 0 saturated carbocycles. The van der Waals surface area contributed by atoms with Crippen LogP contribution in [0.1, 0.15) is 35.5 Å². The fourth-order valence-electron chi connectivity index (χ4n) is 2.34. The van der Waals surface area contributed by atoms with Crippen molar-refractivity contribution in [2.24, 2.45) is 5.92 Å². The first-order valence-corrected chi connectivity index (χ1v) is 8.01. The topological polar surface area (TPSA) is 46.9 Å². The molecule has 0 aliphatic carbocycles. The molecule has 1 amide bonds. The zero-order valence-electron chi connectivity index (χ0n) is 13.6. The molecular weight excluding hydrogens is 317 g/mol. The minimum absolute atomic E-state index is 0.232. The molecule has 0 fully saturated rings. The standard InChI is InChI=1S/C17H21ClFN3O/c1-11(2)10-22-16(18)15(12(3)21-22)17(23)20-9-8-13-4-6-14(19)7-5-13/h4-7,11H,8-10H2,1-3H3,(H,20,23). The van der Waals surface area contributed by atoms with Crippen LogP contribution < -0.4 is 5.32 Å². The van der Waals surface area contributed by atoms with Crippen LogP contribution in [-0.2, 0) is 13.0 Å². The molecule has 4 nitrogen and oxygen atoms in total. The number of amides is 1. The molecule has 0 spiro atoms. The summed E-state index contributed by atoms with van der Waals surface area (Å²) in [5, 5.41) is 7.54. The lowest BCUT2D eigenvalue weighted by Crippen LogP contribution is -2.26. The maximum Gasteiger partial charge on any atom is 0.256 e. The summed E-state index contributed by atoms with van der Waals surface area (Å²) in [6.45, 7) is 7.03. The molecule has 0 saturated heterocycles. The van der Waals surface area contributed by atoms with E-state index in [9.17, 15) is 9.18 Å². The van der Waals surface area contributed by atoms with Gasteiger partial charge >= 0.3 is 0 Å². The lowest BCUT2D eigenvalue weighted by atomic mass is 10.1. The van der Waals surface area contributed by atoms with Gasteiger partial charge in [0.1, 0.15) is 11.0 Å². The lowest BCUT2D eigenvalue weighted by molar-refractivity contribution is 0.0953. The molecule has 2 aromatic rings. The van der Waals surface area contributed by atoms with Crippen molar-refractivity contribution in [2.45, 2.75) is 33.7 Å². The van der Waals surface area contributed by atoms with Crippen LogP contribution in [0.25, 0.3) is 0 Å². The molecule has 1 aromatic heterocycles.